The van der Waals surface area contributed by atoms with E-state index in [0.29, 0.717) is 28.6 Å². The Bertz CT molecular complexity index is 1070. The number of fused-ring (bicyclic) bond motifs is 1. The quantitative estimate of drug-likeness (QED) is 0.436. The van der Waals surface area contributed by atoms with Gasteiger partial charge in [0.2, 0.25) is 5.43 Å². The summed E-state index contributed by atoms with van der Waals surface area (Å²) in [6.45, 7) is 5.42. The summed E-state index contributed by atoms with van der Waals surface area (Å²) in [6, 6.07) is 10.5. The van der Waals surface area contributed by atoms with Gasteiger partial charge >= 0.3 is 0 Å². The SMILES string of the molecule is COc1ccc(-c2coc3c(C[NH+]4CC[NH+](CCO)CC4)c(O)ccc3c2=O)cc1. The zero-order chi connectivity index (χ0) is 21.1. The highest BCUT2D eigenvalue weighted by Crippen LogP contribution is 2.28. The lowest BCUT2D eigenvalue weighted by molar-refractivity contribution is -1.02. The number of ether oxygens (including phenoxy) is 1. The van der Waals surface area contributed by atoms with Crippen LogP contribution in [0.1, 0.15) is 5.56 Å². The van der Waals surface area contributed by atoms with Crippen molar-refractivity contribution in [2.75, 3.05) is 46.4 Å². The minimum absolute atomic E-state index is 0.116. The number of aliphatic hydroxyl groups excluding tert-OH is 1. The number of hydrogen-bond donors (Lipinski definition) is 4. The van der Waals surface area contributed by atoms with Crippen LogP contribution >= 0.6 is 0 Å². The molecule has 30 heavy (non-hydrogen) atoms. The first-order valence-electron chi connectivity index (χ1n) is 10.3. The van der Waals surface area contributed by atoms with E-state index in [2.05, 4.69) is 0 Å². The molecule has 7 heteroatoms. The van der Waals surface area contributed by atoms with E-state index < -0.39 is 0 Å². The van der Waals surface area contributed by atoms with Gasteiger partial charge in [0.05, 0.1) is 30.2 Å². The van der Waals surface area contributed by atoms with E-state index in [4.69, 9.17) is 14.3 Å². The number of aromatic hydroxyl groups is 1. The molecular weight excluding hydrogens is 384 g/mol. The first-order valence-corrected chi connectivity index (χ1v) is 10.3. The van der Waals surface area contributed by atoms with Crippen LogP contribution in [0.4, 0.5) is 0 Å². The van der Waals surface area contributed by atoms with Gasteiger partial charge in [-0.2, -0.15) is 0 Å². The maximum atomic E-state index is 13.1. The van der Waals surface area contributed by atoms with Crippen molar-refractivity contribution in [3.8, 4) is 22.6 Å². The molecule has 2 aromatic carbocycles. The number of piperazine rings is 1. The maximum Gasteiger partial charge on any atom is 0.200 e. The predicted molar refractivity (Wildman–Crippen MR) is 113 cm³/mol. The van der Waals surface area contributed by atoms with E-state index >= 15 is 0 Å². The second-order valence-corrected chi connectivity index (χ2v) is 7.80. The lowest BCUT2D eigenvalue weighted by Crippen LogP contribution is -3.27. The number of hydrogen-bond acceptors (Lipinski definition) is 5. The molecule has 0 bridgehead atoms. The van der Waals surface area contributed by atoms with E-state index in [0.717, 1.165) is 44.0 Å². The van der Waals surface area contributed by atoms with Crippen LogP contribution in [0.25, 0.3) is 22.1 Å². The van der Waals surface area contributed by atoms with Crippen molar-refractivity contribution in [2.24, 2.45) is 0 Å². The van der Waals surface area contributed by atoms with Crippen molar-refractivity contribution in [1.29, 1.82) is 0 Å². The number of phenols is 1. The summed E-state index contributed by atoms with van der Waals surface area (Å²) in [4.78, 5) is 15.9. The summed E-state index contributed by atoms with van der Waals surface area (Å²) in [6.07, 6.45) is 1.48. The summed E-state index contributed by atoms with van der Waals surface area (Å²) in [5, 5.41) is 20.1. The Labute approximate surface area is 174 Å². The molecular formula is C23H28N2O5+2. The minimum atomic E-state index is -0.116. The second kappa shape index (κ2) is 8.87. The zero-order valence-electron chi connectivity index (χ0n) is 17.1. The lowest BCUT2D eigenvalue weighted by atomic mass is 10.0. The Kier molecular flexibility index (Phi) is 6.03. The van der Waals surface area contributed by atoms with Crippen molar-refractivity contribution in [1.82, 2.24) is 0 Å². The standard InChI is InChI=1S/C23H26N2O5/c1-29-17-4-2-16(3-5-17)20-15-30-23-18(22(20)28)6-7-21(27)19(23)14-25-10-8-24(9-11-25)12-13-26/h2-7,15,26-27H,8-14H2,1H3/p+2. The number of nitrogens with one attached hydrogen (secondary N) is 2. The molecule has 1 fully saturated rings. The van der Waals surface area contributed by atoms with E-state index in [1.54, 1.807) is 19.2 Å². The van der Waals surface area contributed by atoms with Crippen LogP contribution in [0.15, 0.2) is 51.9 Å². The average molecular weight is 412 g/mol. The molecule has 7 nitrogen and oxygen atoms in total. The Morgan fingerprint density at radius 1 is 1.03 bits per heavy atom. The van der Waals surface area contributed by atoms with Crippen LogP contribution in [0, 0.1) is 0 Å². The van der Waals surface area contributed by atoms with Gasteiger partial charge in [0.15, 0.2) is 0 Å². The van der Waals surface area contributed by atoms with Crippen molar-refractivity contribution in [2.45, 2.75) is 6.54 Å². The molecule has 0 radical (unpaired) electrons. The number of benzene rings is 2. The smallest absolute Gasteiger partial charge is 0.200 e. The topological polar surface area (TPSA) is 88.8 Å². The third kappa shape index (κ3) is 4.05. The Morgan fingerprint density at radius 3 is 2.40 bits per heavy atom. The van der Waals surface area contributed by atoms with Gasteiger partial charge in [0.1, 0.15) is 62.6 Å². The number of rotatable bonds is 6. The summed E-state index contributed by atoms with van der Waals surface area (Å²) < 4.78 is 11.1. The first-order chi connectivity index (χ1) is 14.6. The molecule has 158 valence electrons. The molecule has 0 spiro atoms. The molecule has 0 atom stereocenters. The molecule has 4 rings (SSSR count). The zero-order valence-corrected chi connectivity index (χ0v) is 17.1. The average Bonchev–Trinajstić information content (AvgIpc) is 2.77. The van der Waals surface area contributed by atoms with Crippen LogP contribution in [-0.4, -0.2) is 56.7 Å². The molecule has 2 heterocycles. The number of aliphatic hydroxyl groups is 1. The first kappa shape index (κ1) is 20.4. The van der Waals surface area contributed by atoms with E-state index in [1.165, 1.54) is 16.1 Å². The van der Waals surface area contributed by atoms with Crippen LogP contribution in [-0.2, 0) is 6.54 Å². The van der Waals surface area contributed by atoms with Crippen LogP contribution in [0.5, 0.6) is 11.5 Å². The Hall–Kier alpha value is -2.87. The summed E-state index contributed by atoms with van der Waals surface area (Å²) in [7, 11) is 1.60. The highest BCUT2D eigenvalue weighted by atomic mass is 16.5. The monoisotopic (exact) mass is 412 g/mol. The Balaban J connectivity index is 1.64. The highest BCUT2D eigenvalue weighted by Gasteiger charge is 2.25. The molecule has 1 aliphatic rings. The molecule has 1 saturated heterocycles. The molecule has 0 saturated carbocycles. The molecule has 4 N–H and O–H groups in total. The third-order valence-electron chi connectivity index (χ3n) is 5.98. The molecule has 3 aromatic rings. The van der Waals surface area contributed by atoms with Crippen molar-refractivity contribution >= 4 is 11.0 Å². The van der Waals surface area contributed by atoms with Crippen molar-refractivity contribution < 1.29 is 29.2 Å². The fraction of sp³-hybridized carbons (Fsp3) is 0.348. The Morgan fingerprint density at radius 2 is 1.73 bits per heavy atom. The van der Waals surface area contributed by atoms with Gasteiger partial charge in [-0.1, -0.05) is 12.1 Å². The third-order valence-corrected chi connectivity index (χ3v) is 5.98. The normalized spacial score (nSPS) is 19.1. The van der Waals surface area contributed by atoms with E-state index in [9.17, 15) is 9.90 Å². The highest BCUT2D eigenvalue weighted by molar-refractivity contribution is 5.85. The largest absolute Gasteiger partial charge is 0.507 e. The molecule has 1 aliphatic heterocycles. The van der Waals surface area contributed by atoms with Gasteiger partial charge in [-0.25, -0.2) is 0 Å². The summed E-state index contributed by atoms with van der Waals surface area (Å²) in [5.41, 5.74) is 2.25. The van der Waals surface area contributed by atoms with E-state index in [-0.39, 0.29) is 17.8 Å². The molecule has 0 aliphatic carbocycles. The van der Waals surface area contributed by atoms with Crippen molar-refractivity contribution in [3.05, 3.63) is 58.4 Å². The summed E-state index contributed by atoms with van der Waals surface area (Å²) >= 11 is 0. The number of phenolic OH excluding ortho intramolecular Hbond substituents is 1. The maximum absolute atomic E-state index is 13.1. The second-order valence-electron chi connectivity index (χ2n) is 7.80. The van der Waals surface area contributed by atoms with Crippen LogP contribution in [0.3, 0.4) is 0 Å². The summed E-state index contributed by atoms with van der Waals surface area (Å²) in [5.74, 6) is 0.875. The number of quaternary nitrogens is 2. The van der Waals surface area contributed by atoms with Gasteiger partial charge in [-0.05, 0) is 29.8 Å². The number of methoxy groups -OCH3 is 1. The molecule has 0 unspecified atom stereocenters. The van der Waals surface area contributed by atoms with E-state index in [1.807, 2.05) is 24.3 Å². The molecule has 1 aromatic heterocycles. The van der Waals surface area contributed by atoms with Crippen molar-refractivity contribution in [3.63, 3.8) is 0 Å². The van der Waals surface area contributed by atoms with Gasteiger partial charge in [0, 0.05) is 0 Å². The van der Waals surface area contributed by atoms with Gasteiger partial charge < -0.3 is 29.2 Å². The van der Waals surface area contributed by atoms with Gasteiger partial charge in [-0.15, -0.1) is 0 Å². The van der Waals surface area contributed by atoms with Gasteiger partial charge in [0.25, 0.3) is 0 Å². The van der Waals surface area contributed by atoms with Gasteiger partial charge in [-0.3, -0.25) is 4.79 Å². The fourth-order valence-electron chi connectivity index (χ4n) is 4.18. The predicted octanol–water partition coefficient (Wildman–Crippen LogP) is -0.550. The fourth-order valence-corrected chi connectivity index (χ4v) is 4.18. The van der Waals surface area contributed by atoms with Crippen LogP contribution < -0.4 is 20.0 Å². The van der Waals surface area contributed by atoms with Crippen LogP contribution in [0.2, 0.25) is 0 Å². The molecule has 0 amide bonds. The lowest BCUT2D eigenvalue weighted by Gasteiger charge is -2.29. The minimum Gasteiger partial charge on any atom is -0.507 e.